The normalized spacial score (nSPS) is 13.7. The molecular weight excluding hydrogens is 625 g/mol. The summed E-state index contributed by atoms with van der Waals surface area (Å²) < 4.78 is 72.4. The van der Waals surface area contributed by atoms with Gasteiger partial charge in [-0.25, -0.2) is 4.79 Å². The minimum Gasteiger partial charge on any atom is -0.506 e. The molecule has 1 aromatic rings. The number of rotatable bonds is 4. The molecule has 1 aromatic carbocycles. The number of carbonyl (C=O) groups excluding carboxylic acids is 1. The molecule has 0 aromatic heterocycles. The quantitative estimate of drug-likeness (QED) is 0.222. The van der Waals surface area contributed by atoms with Gasteiger partial charge in [-0.2, -0.15) is 21.6 Å². The fraction of sp³-hybridized carbons (Fsp3) is 0.300. The topological polar surface area (TPSA) is 101 Å². The van der Waals surface area contributed by atoms with Crippen LogP contribution in [0.25, 0.3) is 0 Å². The van der Waals surface area contributed by atoms with E-state index in [-0.39, 0.29) is 17.9 Å². The number of carbonyl (C=O) groups is 1. The number of hydrogen-bond donors (Lipinski definition) is 2. The molecule has 0 bridgehead atoms. The summed E-state index contributed by atoms with van der Waals surface area (Å²) >= 11 is 11.8. The van der Waals surface area contributed by atoms with Crippen molar-refractivity contribution < 1.29 is 40.8 Å². The van der Waals surface area contributed by atoms with E-state index in [1.165, 1.54) is 0 Å². The lowest BCUT2D eigenvalue weighted by atomic mass is 10.2. The predicted molar refractivity (Wildman–Crippen MR) is 90.6 cm³/mol. The molecule has 14 heteroatoms. The molecule has 0 aliphatic carbocycles. The minimum absolute atomic E-state index is 0.0585. The molecule has 0 aliphatic heterocycles. The van der Waals surface area contributed by atoms with Gasteiger partial charge in [-0.05, 0) is 63.7 Å². The largest absolute Gasteiger partial charge is 0.506 e. The van der Waals surface area contributed by atoms with Crippen molar-refractivity contribution in [3.05, 3.63) is 23.5 Å². The molecule has 0 spiro atoms. The molecule has 0 aliphatic rings. The monoisotopic (exact) mass is 626 g/mol. The Labute approximate surface area is 167 Å². The Kier molecular flexibility index (Phi) is 7.18. The first-order valence-corrected chi connectivity index (χ1v) is 10.2. The number of benzene rings is 1. The molecule has 2 N–H and O–H groups in total. The number of aromatic hydroxyl groups is 1. The second kappa shape index (κ2) is 7.78. The Hall–Kier alpha value is 0.110. The number of alkyl halides is 3. The molecule has 6 nitrogen and oxygen atoms in total. The van der Waals surface area contributed by atoms with E-state index >= 15 is 0 Å². The van der Waals surface area contributed by atoms with Gasteiger partial charge in [0.2, 0.25) is 6.10 Å². The number of halogens is 7. The van der Waals surface area contributed by atoms with Gasteiger partial charge in [0.15, 0.2) is 0 Å². The van der Waals surface area contributed by atoms with Crippen LogP contribution in [0, 0.1) is 0 Å². The van der Waals surface area contributed by atoms with Crippen molar-refractivity contribution >= 4 is 79.8 Å². The van der Waals surface area contributed by atoms with Gasteiger partial charge in [0.25, 0.3) is 10.1 Å². The molecule has 136 valence electrons. The molecule has 0 saturated carbocycles. The lowest BCUT2D eigenvalue weighted by molar-refractivity contribution is -0.197. The van der Waals surface area contributed by atoms with E-state index in [4.69, 9.17) is 4.55 Å². The first-order chi connectivity index (χ1) is 10.7. The van der Waals surface area contributed by atoms with Crippen molar-refractivity contribution in [2.45, 2.75) is 12.3 Å². The van der Waals surface area contributed by atoms with Gasteiger partial charge in [0, 0.05) is 4.47 Å². The van der Waals surface area contributed by atoms with Gasteiger partial charge in [-0.15, -0.1) is 0 Å². The SMILES string of the molecule is O=C(OC(CS(=O)(=O)O)C(F)(F)F)c1c(Br)c(O)c(Br)c(Br)c1Br. The fourth-order valence-corrected chi connectivity index (χ4v) is 4.71. The molecule has 0 heterocycles. The molecule has 1 unspecified atom stereocenters. The van der Waals surface area contributed by atoms with Crippen LogP contribution >= 0.6 is 63.7 Å². The van der Waals surface area contributed by atoms with E-state index in [0.717, 1.165) is 0 Å². The number of hydrogen-bond acceptors (Lipinski definition) is 5. The van der Waals surface area contributed by atoms with Crippen molar-refractivity contribution in [3.8, 4) is 5.75 Å². The molecule has 0 radical (unpaired) electrons. The van der Waals surface area contributed by atoms with E-state index in [2.05, 4.69) is 68.5 Å². The van der Waals surface area contributed by atoms with Crippen molar-refractivity contribution in [1.82, 2.24) is 0 Å². The standard InChI is InChI=1S/C10H5Br4F3O6S/c11-4-3(5(12)8(18)7(14)6(4)13)9(19)23-2(10(15,16)17)1-24(20,21)22/h2,18H,1H2,(H,20,21,22). The summed E-state index contributed by atoms with van der Waals surface area (Å²) in [5.74, 6) is -3.94. The third kappa shape index (κ3) is 5.30. The maximum absolute atomic E-state index is 12.8. The highest BCUT2D eigenvalue weighted by atomic mass is 79.9. The first-order valence-electron chi connectivity index (χ1n) is 5.44. The Morgan fingerprint density at radius 2 is 1.58 bits per heavy atom. The third-order valence-corrected chi connectivity index (χ3v) is 7.34. The van der Waals surface area contributed by atoms with Crippen molar-refractivity contribution in [3.63, 3.8) is 0 Å². The van der Waals surface area contributed by atoms with Crippen molar-refractivity contribution in [2.24, 2.45) is 0 Å². The van der Waals surface area contributed by atoms with Crippen LogP contribution in [0.2, 0.25) is 0 Å². The number of ether oxygens (including phenoxy) is 1. The molecule has 1 rings (SSSR count). The van der Waals surface area contributed by atoms with Crippen LogP contribution in [0.5, 0.6) is 5.75 Å². The predicted octanol–water partition coefficient (Wildman–Crippen LogP) is 4.42. The van der Waals surface area contributed by atoms with Crippen molar-refractivity contribution in [1.29, 1.82) is 0 Å². The van der Waals surface area contributed by atoms with E-state index < -0.39 is 45.4 Å². The highest BCUT2D eigenvalue weighted by molar-refractivity contribution is 9.14. The lowest BCUT2D eigenvalue weighted by Gasteiger charge is -2.20. The zero-order chi connectivity index (χ0) is 19.0. The number of esters is 1. The zero-order valence-corrected chi connectivity index (χ0v) is 18.0. The number of phenolic OH excluding ortho intramolecular Hbond substituents is 1. The van der Waals surface area contributed by atoms with E-state index in [9.17, 15) is 31.5 Å². The summed E-state index contributed by atoms with van der Waals surface area (Å²) in [7, 11) is -5.06. The Morgan fingerprint density at radius 1 is 1.08 bits per heavy atom. The van der Waals surface area contributed by atoms with Gasteiger partial charge in [-0.3, -0.25) is 4.55 Å². The van der Waals surface area contributed by atoms with Gasteiger partial charge >= 0.3 is 12.1 Å². The van der Waals surface area contributed by atoms with Crippen LogP contribution in [-0.2, 0) is 14.9 Å². The van der Waals surface area contributed by atoms with Crippen LogP contribution in [0.1, 0.15) is 10.4 Å². The van der Waals surface area contributed by atoms with E-state index in [1.54, 1.807) is 0 Å². The lowest BCUT2D eigenvalue weighted by Crippen LogP contribution is -2.39. The molecule has 1 atom stereocenters. The van der Waals surface area contributed by atoms with E-state index in [1.807, 2.05) is 0 Å². The maximum Gasteiger partial charge on any atom is 0.426 e. The fourth-order valence-electron chi connectivity index (χ4n) is 1.38. The molecule has 0 saturated heterocycles. The van der Waals surface area contributed by atoms with E-state index in [0.29, 0.717) is 0 Å². The second-order valence-corrected chi connectivity index (χ2v) is 8.83. The van der Waals surface area contributed by atoms with Gasteiger partial charge in [0.1, 0.15) is 11.5 Å². The van der Waals surface area contributed by atoms with Crippen LogP contribution < -0.4 is 0 Å². The molecule has 0 fully saturated rings. The Balaban J connectivity index is 3.32. The summed E-state index contributed by atoms with van der Waals surface area (Å²) in [6, 6.07) is 0. The van der Waals surface area contributed by atoms with Gasteiger partial charge in [0.05, 0.1) is 19.0 Å². The summed E-state index contributed by atoms with van der Waals surface area (Å²) in [5, 5.41) is 9.81. The Morgan fingerprint density at radius 3 is 2.00 bits per heavy atom. The van der Waals surface area contributed by atoms with Gasteiger partial charge in [-0.1, -0.05) is 0 Å². The summed E-state index contributed by atoms with van der Waals surface area (Å²) in [6.07, 6.45) is -8.33. The Bertz CT molecular complexity index is 751. The maximum atomic E-state index is 12.8. The third-order valence-electron chi connectivity index (χ3n) is 2.42. The smallest absolute Gasteiger partial charge is 0.426 e. The molecule has 0 amide bonds. The van der Waals surface area contributed by atoms with Crippen molar-refractivity contribution in [2.75, 3.05) is 5.75 Å². The zero-order valence-electron chi connectivity index (χ0n) is 10.9. The average Bonchev–Trinajstić information content (AvgIpc) is 2.40. The van der Waals surface area contributed by atoms with Gasteiger partial charge < -0.3 is 9.84 Å². The summed E-state index contributed by atoms with van der Waals surface area (Å²) in [4.78, 5) is 12.0. The van der Waals surface area contributed by atoms with Crippen LogP contribution in [-0.4, -0.2) is 42.1 Å². The second-order valence-electron chi connectivity index (χ2n) is 4.16. The summed E-state index contributed by atoms with van der Waals surface area (Å²) in [6.45, 7) is 0. The highest BCUT2D eigenvalue weighted by Crippen LogP contribution is 2.46. The first kappa shape index (κ1) is 22.2. The number of phenols is 1. The molecular formula is C10H5Br4F3O6S. The molecule has 24 heavy (non-hydrogen) atoms. The average molecular weight is 630 g/mol. The van der Waals surface area contributed by atoms with Crippen LogP contribution in [0.15, 0.2) is 17.9 Å². The van der Waals surface area contributed by atoms with Crippen LogP contribution in [0.3, 0.4) is 0 Å². The highest BCUT2D eigenvalue weighted by Gasteiger charge is 2.46. The minimum atomic E-state index is -5.24. The summed E-state index contributed by atoms with van der Waals surface area (Å²) in [5.41, 5.74) is -0.521. The van der Waals surface area contributed by atoms with Crippen LogP contribution in [0.4, 0.5) is 13.2 Å².